The Morgan fingerprint density at radius 1 is 1.02 bits per heavy atom. The molecular formula is C40H44N6O7S. The molecule has 0 unspecified atom stereocenters. The first kappa shape index (κ1) is 36.8. The van der Waals surface area contributed by atoms with E-state index in [0.717, 1.165) is 43.1 Å². The van der Waals surface area contributed by atoms with Gasteiger partial charge in [0, 0.05) is 55.1 Å². The maximum atomic E-state index is 14.2. The van der Waals surface area contributed by atoms with Gasteiger partial charge >= 0.3 is 0 Å². The number of likely N-dealkylation sites (tertiary alicyclic amines) is 1. The van der Waals surface area contributed by atoms with Crippen molar-refractivity contribution >= 4 is 44.5 Å². The summed E-state index contributed by atoms with van der Waals surface area (Å²) in [6.45, 7) is 2.04. The molecule has 7 rings (SSSR count). The lowest BCUT2D eigenvalue weighted by atomic mass is 10.1. The van der Waals surface area contributed by atoms with Crippen molar-refractivity contribution in [3.63, 3.8) is 0 Å². The minimum Gasteiger partial charge on any atom is -0.497 e. The van der Waals surface area contributed by atoms with Gasteiger partial charge in [0.1, 0.15) is 39.9 Å². The molecule has 0 bridgehead atoms. The predicted molar refractivity (Wildman–Crippen MR) is 203 cm³/mol. The Hall–Kier alpha value is -5.50. The number of ether oxygens (including phenoxy) is 2. The number of nitrogens with zero attached hydrogens (tertiary/aromatic N) is 3. The highest BCUT2D eigenvalue weighted by atomic mass is 32.2. The van der Waals surface area contributed by atoms with E-state index in [9.17, 15) is 22.8 Å². The molecular weight excluding hydrogens is 709 g/mol. The number of carbonyl (C=O) groups is 3. The van der Waals surface area contributed by atoms with Crippen molar-refractivity contribution < 1.29 is 32.3 Å². The summed E-state index contributed by atoms with van der Waals surface area (Å²) in [6, 6.07) is 18.9. The predicted octanol–water partition coefficient (Wildman–Crippen LogP) is 4.99. The summed E-state index contributed by atoms with van der Waals surface area (Å²) in [5.74, 6) is -0.854. The molecule has 13 nitrogen and oxygen atoms in total. The standard InChI is InChI=1S/C40H44N6O7S/c1-26(47)46-25-30(53-35-23-32(27-13-8-7-9-14-27)43-33-21-29(52-2)17-18-31(33)35)22-34(46)38(48)44-40-24-28(40)15-10-5-3-4-6-11-19-41-37-36(16-12-20-42-37)54(50,51)45-39(40)49/h7-10,12-18,20-21,23,28,30,34H,3-6,11,19,22,24-25H2,1-2H3,(H,41,42)(H,44,48)(H,45,49)/b15-10-/t28-,30-,34+,40-/m1/s1. The zero-order valence-electron chi connectivity index (χ0n) is 30.3. The zero-order valence-corrected chi connectivity index (χ0v) is 31.1. The average Bonchev–Trinajstić information content (AvgIpc) is 3.69. The van der Waals surface area contributed by atoms with Crippen LogP contribution in [0.4, 0.5) is 5.82 Å². The van der Waals surface area contributed by atoms with E-state index in [1.54, 1.807) is 7.11 Å². The zero-order chi connectivity index (χ0) is 37.9. The highest BCUT2D eigenvalue weighted by Crippen LogP contribution is 2.46. The van der Waals surface area contributed by atoms with Crippen LogP contribution in [0, 0.1) is 5.92 Å². The van der Waals surface area contributed by atoms with Crippen LogP contribution in [0.15, 0.2) is 90.0 Å². The second kappa shape index (κ2) is 15.5. The Labute approximate surface area is 314 Å². The Kier molecular flexibility index (Phi) is 10.5. The Morgan fingerprint density at radius 3 is 2.63 bits per heavy atom. The first-order valence-corrected chi connectivity index (χ1v) is 19.8. The molecule has 0 spiro atoms. The summed E-state index contributed by atoms with van der Waals surface area (Å²) in [7, 11) is -2.78. The summed E-state index contributed by atoms with van der Waals surface area (Å²) < 4.78 is 41.5. The van der Waals surface area contributed by atoms with Crippen molar-refractivity contribution in [1.82, 2.24) is 24.9 Å². The monoisotopic (exact) mass is 752 g/mol. The minimum atomic E-state index is -4.37. The highest BCUT2D eigenvalue weighted by Gasteiger charge is 2.61. The SMILES string of the molecule is COc1ccc2c(O[C@@H]3C[C@@H](C(=O)N[C@]45C[C@H]4/C=C\CCCCCCNc4ncccc4S(=O)(=O)NC5=O)N(C(C)=O)C3)cc(-c3ccccc3)nc2c1. The van der Waals surface area contributed by atoms with Crippen LogP contribution in [-0.2, 0) is 24.4 Å². The van der Waals surface area contributed by atoms with Crippen molar-refractivity contribution in [2.24, 2.45) is 5.92 Å². The van der Waals surface area contributed by atoms with E-state index >= 15 is 0 Å². The van der Waals surface area contributed by atoms with Crippen LogP contribution in [0.25, 0.3) is 22.2 Å². The van der Waals surface area contributed by atoms with Crippen LogP contribution in [-0.4, -0.2) is 78.9 Å². The Morgan fingerprint density at radius 2 is 1.83 bits per heavy atom. The molecule has 14 heteroatoms. The third-order valence-electron chi connectivity index (χ3n) is 10.3. The molecule has 4 heterocycles. The maximum absolute atomic E-state index is 14.2. The number of hydrogen-bond acceptors (Lipinski definition) is 10. The number of amides is 3. The van der Waals surface area contributed by atoms with E-state index in [0.29, 0.717) is 29.3 Å². The summed E-state index contributed by atoms with van der Waals surface area (Å²) >= 11 is 0. The quantitative estimate of drug-likeness (QED) is 0.228. The van der Waals surface area contributed by atoms with E-state index in [1.165, 1.54) is 30.2 Å². The molecule has 2 aromatic carbocycles. The molecule has 1 saturated heterocycles. The molecule has 2 aromatic heterocycles. The lowest BCUT2D eigenvalue weighted by Crippen LogP contribution is -2.56. The number of anilines is 1. The van der Waals surface area contributed by atoms with Gasteiger partial charge in [-0.15, -0.1) is 0 Å². The molecule has 1 aliphatic carbocycles. The van der Waals surface area contributed by atoms with Gasteiger partial charge < -0.3 is 25.0 Å². The maximum Gasteiger partial charge on any atom is 0.267 e. The number of rotatable bonds is 6. The number of pyridine rings is 2. The van der Waals surface area contributed by atoms with Crippen LogP contribution >= 0.6 is 0 Å². The van der Waals surface area contributed by atoms with E-state index in [2.05, 4.69) is 20.3 Å². The number of sulfonamides is 1. The average molecular weight is 753 g/mol. The van der Waals surface area contributed by atoms with Gasteiger partial charge in [0.25, 0.3) is 15.9 Å². The third kappa shape index (κ3) is 7.74. The lowest BCUT2D eigenvalue weighted by molar-refractivity contribution is -0.138. The normalized spacial score (nSPS) is 24.6. The largest absolute Gasteiger partial charge is 0.497 e. The van der Waals surface area contributed by atoms with Gasteiger partial charge in [-0.2, -0.15) is 0 Å². The van der Waals surface area contributed by atoms with Gasteiger partial charge in [0.15, 0.2) is 0 Å². The van der Waals surface area contributed by atoms with E-state index in [4.69, 9.17) is 14.5 Å². The molecule has 3 amide bonds. The number of benzene rings is 2. The molecule has 2 fully saturated rings. The Balaban J connectivity index is 1.14. The first-order chi connectivity index (χ1) is 26.1. The summed E-state index contributed by atoms with van der Waals surface area (Å²) in [5.41, 5.74) is 0.700. The molecule has 0 radical (unpaired) electrons. The number of carbonyl (C=O) groups excluding carboxylic acids is 3. The van der Waals surface area contributed by atoms with Crippen LogP contribution in [0.1, 0.15) is 51.9 Å². The van der Waals surface area contributed by atoms with Crippen molar-refractivity contribution in [3.05, 3.63) is 85.1 Å². The van der Waals surface area contributed by atoms with Gasteiger partial charge in [-0.05, 0) is 49.9 Å². The van der Waals surface area contributed by atoms with E-state index in [1.807, 2.05) is 66.7 Å². The molecule has 2 aliphatic heterocycles. The number of hydrogen-bond donors (Lipinski definition) is 3. The Bertz CT molecular complexity index is 2200. The fourth-order valence-electron chi connectivity index (χ4n) is 7.32. The van der Waals surface area contributed by atoms with E-state index < -0.39 is 45.4 Å². The van der Waals surface area contributed by atoms with Gasteiger partial charge in [-0.3, -0.25) is 14.4 Å². The second-order valence-electron chi connectivity index (χ2n) is 14.0. The van der Waals surface area contributed by atoms with Crippen LogP contribution in [0.5, 0.6) is 11.5 Å². The highest BCUT2D eigenvalue weighted by molar-refractivity contribution is 7.90. The number of nitrogens with one attached hydrogen (secondary N) is 3. The molecule has 3 N–H and O–H groups in total. The lowest BCUT2D eigenvalue weighted by Gasteiger charge is -2.25. The number of aromatic nitrogens is 2. The van der Waals surface area contributed by atoms with Crippen LogP contribution in [0.3, 0.4) is 0 Å². The smallest absolute Gasteiger partial charge is 0.267 e. The molecule has 3 aliphatic rings. The minimum absolute atomic E-state index is 0.127. The van der Waals surface area contributed by atoms with Gasteiger partial charge in [-0.1, -0.05) is 55.3 Å². The summed E-state index contributed by atoms with van der Waals surface area (Å²) in [4.78, 5) is 51.5. The van der Waals surface area contributed by atoms with Crippen LogP contribution < -0.4 is 24.8 Å². The molecule has 4 atom stereocenters. The third-order valence-corrected chi connectivity index (χ3v) is 11.7. The number of methoxy groups -OCH3 is 1. The summed E-state index contributed by atoms with van der Waals surface area (Å²) in [5, 5.41) is 6.73. The molecule has 282 valence electrons. The van der Waals surface area contributed by atoms with Gasteiger partial charge in [0.05, 0.1) is 24.9 Å². The molecule has 1 saturated carbocycles. The van der Waals surface area contributed by atoms with Crippen molar-refractivity contribution in [1.29, 1.82) is 0 Å². The van der Waals surface area contributed by atoms with Crippen molar-refractivity contribution in [2.75, 3.05) is 25.5 Å². The fraction of sp³-hybridized carbons (Fsp3) is 0.375. The second-order valence-corrected chi connectivity index (χ2v) is 15.7. The van der Waals surface area contributed by atoms with Crippen molar-refractivity contribution in [3.8, 4) is 22.8 Å². The van der Waals surface area contributed by atoms with Gasteiger partial charge in [0.2, 0.25) is 11.8 Å². The summed E-state index contributed by atoms with van der Waals surface area (Å²) in [6.07, 6.45) is 9.70. The van der Waals surface area contributed by atoms with Gasteiger partial charge in [-0.25, -0.2) is 23.1 Å². The molecule has 4 aromatic rings. The molecule has 54 heavy (non-hydrogen) atoms. The topological polar surface area (TPSA) is 169 Å². The number of allylic oxidation sites excluding steroid dienone is 1. The fourth-order valence-corrected chi connectivity index (χ4v) is 8.49. The van der Waals surface area contributed by atoms with Crippen molar-refractivity contribution in [2.45, 2.75) is 74.4 Å². The van der Waals surface area contributed by atoms with Crippen LogP contribution in [0.2, 0.25) is 0 Å². The number of fused-ring (bicyclic) bond motifs is 3. The van der Waals surface area contributed by atoms with E-state index in [-0.39, 0.29) is 36.0 Å². The first-order valence-electron chi connectivity index (χ1n) is 18.3.